The smallest absolute Gasteiger partial charge is 0.177 e. The third kappa shape index (κ3) is 17.5. The molecule has 0 saturated carbocycles. The van der Waals surface area contributed by atoms with E-state index in [4.69, 9.17) is 33.7 Å². The molecule has 12 nitrogen and oxygen atoms in total. The standard InChI is InChI=1S/C42H65N6O6P/c1-4-5-6-7-8-9-10-11-12-13-14-15-16-17-18-19-26-51-30-38(52-29-36-21-20-35(28-43)27-40(36)49-2)31-53-55-54-33-42(32-44,50-3)25-24-37-22-23-39-41(45)46-34-47-48(37)39/h20-23,27,34,38,55H,4-19,24-26,29-31,33H2,1-3H3,(H2,45,46,47). The molecule has 2 N–H and O–H groups in total. The fraction of sp³-hybridized carbons (Fsp3) is 0.667. The van der Waals surface area contributed by atoms with Gasteiger partial charge in [0.15, 0.2) is 20.5 Å². The lowest BCUT2D eigenvalue weighted by molar-refractivity contribution is -0.0471. The number of fused-ring (bicyclic) bond motifs is 1. The van der Waals surface area contributed by atoms with E-state index in [-0.39, 0.29) is 35.0 Å². The van der Waals surface area contributed by atoms with Gasteiger partial charge in [-0.1, -0.05) is 109 Å². The van der Waals surface area contributed by atoms with E-state index in [1.165, 1.54) is 103 Å². The first-order valence-electron chi connectivity index (χ1n) is 20.3. The molecule has 2 aromatic heterocycles. The second kappa shape index (κ2) is 28.1. The highest BCUT2D eigenvalue weighted by Gasteiger charge is 2.31. The third-order valence-corrected chi connectivity index (χ3v) is 10.5. The number of anilines is 1. The molecular formula is C42H65N6O6P. The molecule has 3 unspecified atom stereocenters. The van der Waals surface area contributed by atoms with Crippen molar-refractivity contribution in [3.63, 3.8) is 0 Å². The van der Waals surface area contributed by atoms with Gasteiger partial charge in [-0.15, -0.1) is 0 Å². The van der Waals surface area contributed by atoms with E-state index in [2.05, 4.69) is 29.1 Å². The van der Waals surface area contributed by atoms with Crippen LogP contribution in [0.25, 0.3) is 5.52 Å². The highest BCUT2D eigenvalue weighted by atomic mass is 31.1. The lowest BCUT2D eigenvalue weighted by atomic mass is 9.99. The van der Waals surface area contributed by atoms with Gasteiger partial charge in [-0.3, -0.25) is 0 Å². The zero-order valence-electron chi connectivity index (χ0n) is 33.6. The van der Waals surface area contributed by atoms with Crippen molar-refractivity contribution in [2.24, 2.45) is 0 Å². The number of methoxy groups -OCH3 is 2. The number of unbranched alkanes of at least 4 members (excludes halogenated alkanes) is 15. The van der Waals surface area contributed by atoms with Crippen LogP contribution in [0.5, 0.6) is 5.75 Å². The molecule has 0 radical (unpaired) electrons. The molecule has 0 spiro atoms. The summed E-state index contributed by atoms with van der Waals surface area (Å²) in [5, 5.41) is 23.6. The summed E-state index contributed by atoms with van der Waals surface area (Å²) in [6.07, 6.45) is 23.2. The van der Waals surface area contributed by atoms with Gasteiger partial charge in [0, 0.05) is 25.0 Å². The number of hydrogen-bond donors (Lipinski definition) is 1. The summed E-state index contributed by atoms with van der Waals surface area (Å²) in [5.41, 5.74) is 7.74. The van der Waals surface area contributed by atoms with Gasteiger partial charge in [0.2, 0.25) is 0 Å². The maximum atomic E-state index is 10.0. The van der Waals surface area contributed by atoms with Crippen LogP contribution in [0.3, 0.4) is 0 Å². The lowest BCUT2D eigenvalue weighted by Crippen LogP contribution is -2.35. The topological polar surface area (TPSA) is 159 Å². The SMILES string of the molecule is CCCCCCCCCCCCCCCCCCOCC(COPOCC(C#N)(CCc1ccc2c(N)ncnn12)OC)OCc1ccc(C#N)cc1OC. The maximum absolute atomic E-state index is 10.0. The van der Waals surface area contributed by atoms with E-state index >= 15 is 0 Å². The van der Waals surface area contributed by atoms with Crippen LogP contribution in [0.4, 0.5) is 5.82 Å². The van der Waals surface area contributed by atoms with E-state index in [1.54, 1.807) is 23.8 Å². The van der Waals surface area contributed by atoms with Crippen molar-refractivity contribution < 1.29 is 28.0 Å². The number of benzene rings is 1. The van der Waals surface area contributed by atoms with E-state index in [0.717, 1.165) is 24.1 Å². The number of nitriles is 2. The van der Waals surface area contributed by atoms with Gasteiger partial charge >= 0.3 is 0 Å². The van der Waals surface area contributed by atoms with Gasteiger partial charge in [-0.05, 0) is 43.5 Å². The number of aromatic nitrogens is 3. The summed E-state index contributed by atoms with van der Waals surface area (Å²) in [7, 11) is 2.75. The molecule has 0 aliphatic heterocycles. The van der Waals surface area contributed by atoms with Crippen molar-refractivity contribution in [1.29, 1.82) is 10.5 Å². The molecule has 0 aliphatic rings. The second-order valence-corrected chi connectivity index (χ2v) is 15.0. The number of nitrogens with zero attached hydrogens (tertiary/aromatic N) is 5. The molecule has 1 aromatic carbocycles. The summed E-state index contributed by atoms with van der Waals surface area (Å²) < 4.78 is 36.9. The minimum absolute atomic E-state index is 0.0304. The molecule has 55 heavy (non-hydrogen) atoms. The van der Waals surface area contributed by atoms with Crippen LogP contribution in [0.2, 0.25) is 0 Å². The Morgan fingerprint density at radius 3 is 2.15 bits per heavy atom. The van der Waals surface area contributed by atoms with Crippen LogP contribution < -0.4 is 10.5 Å². The van der Waals surface area contributed by atoms with Crippen molar-refractivity contribution in [1.82, 2.24) is 14.6 Å². The van der Waals surface area contributed by atoms with Crippen molar-refractivity contribution >= 4 is 20.4 Å². The Morgan fingerprint density at radius 2 is 1.53 bits per heavy atom. The average Bonchev–Trinajstić information content (AvgIpc) is 3.64. The number of nitrogens with two attached hydrogens (primary N) is 1. The monoisotopic (exact) mass is 780 g/mol. The highest BCUT2D eigenvalue weighted by molar-refractivity contribution is 7.26. The van der Waals surface area contributed by atoms with Gasteiger partial charge in [-0.2, -0.15) is 15.6 Å². The van der Waals surface area contributed by atoms with Crippen molar-refractivity contribution in [3.8, 4) is 17.9 Å². The molecule has 3 atom stereocenters. The zero-order chi connectivity index (χ0) is 39.4. The van der Waals surface area contributed by atoms with E-state index < -0.39 is 5.60 Å². The fourth-order valence-electron chi connectivity index (χ4n) is 6.46. The third-order valence-electron chi connectivity index (χ3n) is 9.97. The Labute approximate surface area is 331 Å². The molecule has 2 heterocycles. The van der Waals surface area contributed by atoms with Gasteiger partial charge in [0.1, 0.15) is 29.8 Å². The minimum Gasteiger partial charge on any atom is -0.496 e. The first kappa shape index (κ1) is 46.0. The predicted molar refractivity (Wildman–Crippen MR) is 218 cm³/mol. The molecule has 0 bridgehead atoms. The van der Waals surface area contributed by atoms with E-state index in [0.29, 0.717) is 48.7 Å². The molecular weight excluding hydrogens is 715 g/mol. The Balaban J connectivity index is 1.35. The molecule has 13 heteroatoms. The molecule has 0 aliphatic carbocycles. The molecule has 0 fully saturated rings. The molecule has 0 amide bonds. The summed E-state index contributed by atoms with van der Waals surface area (Å²) in [6.45, 7) is 3.83. The molecule has 304 valence electrons. The van der Waals surface area contributed by atoms with E-state index in [1.807, 2.05) is 18.2 Å². The van der Waals surface area contributed by atoms with Gasteiger partial charge in [0.25, 0.3) is 0 Å². The van der Waals surface area contributed by atoms with Crippen LogP contribution in [-0.4, -0.2) is 67.0 Å². The number of hydrogen-bond acceptors (Lipinski definition) is 11. The Kier molecular flexibility index (Phi) is 23.5. The summed E-state index contributed by atoms with van der Waals surface area (Å²) in [4.78, 5) is 4.03. The molecule has 3 rings (SSSR count). The quantitative estimate of drug-likeness (QED) is 0.0463. The largest absolute Gasteiger partial charge is 0.496 e. The Morgan fingerprint density at radius 1 is 0.855 bits per heavy atom. The second-order valence-electron chi connectivity index (χ2n) is 14.2. The minimum atomic E-state index is -1.17. The molecule has 3 aromatic rings. The van der Waals surface area contributed by atoms with Gasteiger partial charge in [-0.25, -0.2) is 9.50 Å². The van der Waals surface area contributed by atoms with Crippen molar-refractivity contribution in [2.75, 3.05) is 46.4 Å². The number of nitrogen functional groups attached to an aromatic ring is 1. The number of ether oxygens (including phenoxy) is 4. The maximum Gasteiger partial charge on any atom is 0.177 e. The number of aryl methyl sites for hydroxylation is 1. The van der Waals surface area contributed by atoms with E-state index in [9.17, 15) is 10.5 Å². The predicted octanol–water partition coefficient (Wildman–Crippen LogP) is 9.44. The van der Waals surface area contributed by atoms with Crippen LogP contribution in [-0.2, 0) is 36.3 Å². The fourth-order valence-corrected chi connectivity index (χ4v) is 7.09. The molecule has 0 saturated heterocycles. The van der Waals surface area contributed by atoms with Gasteiger partial charge < -0.3 is 33.7 Å². The Hall–Kier alpha value is -3.35. The zero-order valence-corrected chi connectivity index (χ0v) is 34.6. The normalized spacial score (nSPS) is 13.3. The highest BCUT2D eigenvalue weighted by Crippen LogP contribution is 2.26. The van der Waals surface area contributed by atoms with Crippen molar-refractivity contribution in [2.45, 2.75) is 141 Å². The average molecular weight is 781 g/mol. The van der Waals surface area contributed by atoms with Crippen LogP contribution in [0.1, 0.15) is 133 Å². The van der Waals surface area contributed by atoms with Gasteiger partial charge in [0.05, 0.1) is 45.2 Å². The van der Waals surface area contributed by atoms with Crippen LogP contribution in [0, 0.1) is 22.7 Å². The lowest BCUT2D eigenvalue weighted by Gasteiger charge is -2.25. The van der Waals surface area contributed by atoms with Crippen LogP contribution in [0.15, 0.2) is 36.7 Å². The summed E-state index contributed by atoms with van der Waals surface area (Å²) >= 11 is 0. The first-order chi connectivity index (χ1) is 27.0. The first-order valence-corrected chi connectivity index (χ1v) is 21.1. The summed E-state index contributed by atoms with van der Waals surface area (Å²) in [6, 6.07) is 13.5. The van der Waals surface area contributed by atoms with Crippen LogP contribution >= 0.6 is 9.03 Å². The van der Waals surface area contributed by atoms with Crippen molar-refractivity contribution in [3.05, 3.63) is 53.5 Å². The Bertz CT molecular complexity index is 1560. The summed E-state index contributed by atoms with van der Waals surface area (Å²) in [5.74, 6) is 0.986. The number of rotatable bonds is 33.